The lowest BCUT2D eigenvalue weighted by molar-refractivity contribution is -0.140. The number of carbonyl (C=O) groups is 2. The molecule has 1 unspecified atom stereocenters. The Bertz CT molecular complexity index is 1450. The molecule has 3 aromatic rings. The topological polar surface area (TPSA) is 86.8 Å². The molecule has 0 aromatic heterocycles. The highest BCUT2D eigenvalue weighted by atomic mass is 127. The number of nitrogens with one attached hydrogen (secondary N) is 1. The van der Waals surface area contributed by atoms with Gasteiger partial charge >= 0.3 is 0 Å². The van der Waals surface area contributed by atoms with Gasteiger partial charge in [-0.3, -0.25) is 13.9 Å². The van der Waals surface area contributed by atoms with Crippen LogP contribution in [0.2, 0.25) is 10.0 Å². The molecule has 0 bridgehead atoms. The van der Waals surface area contributed by atoms with Crippen molar-refractivity contribution in [3.05, 3.63) is 97.5 Å². The first-order valence-corrected chi connectivity index (χ1v) is 17.0. The summed E-state index contributed by atoms with van der Waals surface area (Å²) >= 11 is 15.2. The van der Waals surface area contributed by atoms with Gasteiger partial charge in [-0.05, 0) is 77.4 Å². The highest BCUT2D eigenvalue weighted by Gasteiger charge is 2.35. The second kappa shape index (κ2) is 14.2. The lowest BCUT2D eigenvalue weighted by Gasteiger charge is -2.34. The van der Waals surface area contributed by atoms with E-state index in [0.717, 1.165) is 45.4 Å². The van der Waals surface area contributed by atoms with Gasteiger partial charge in [-0.25, -0.2) is 8.42 Å². The smallest absolute Gasteiger partial charge is 0.244 e. The molecule has 1 saturated carbocycles. The summed E-state index contributed by atoms with van der Waals surface area (Å²) < 4.78 is 27.8. The number of benzene rings is 3. The molecule has 1 N–H and O–H groups in total. The van der Waals surface area contributed by atoms with Gasteiger partial charge in [-0.2, -0.15) is 0 Å². The van der Waals surface area contributed by atoms with Crippen molar-refractivity contribution in [2.45, 2.75) is 50.7 Å². The average molecular weight is 728 g/mol. The Morgan fingerprint density at radius 1 is 0.951 bits per heavy atom. The summed E-state index contributed by atoms with van der Waals surface area (Å²) in [5, 5.41) is 3.84. The van der Waals surface area contributed by atoms with Crippen LogP contribution in [0.15, 0.2) is 72.8 Å². The summed E-state index contributed by atoms with van der Waals surface area (Å²) in [4.78, 5) is 29.5. The van der Waals surface area contributed by atoms with Crippen molar-refractivity contribution >= 4 is 73.3 Å². The molecule has 41 heavy (non-hydrogen) atoms. The summed E-state index contributed by atoms with van der Waals surface area (Å²) in [6.45, 7) is -0.569. The SMILES string of the molecule is CS(=O)(=O)N(CC(=O)N(Cc1c(Cl)cccc1Cl)C(Cc1ccccc1)C(=O)NC1CCCC1)c1ccc(I)cc1. The normalized spacial score (nSPS) is 14.4. The molecule has 0 radical (unpaired) electrons. The first-order chi connectivity index (χ1) is 19.5. The molecule has 0 heterocycles. The third-order valence-corrected chi connectivity index (χ3v) is 9.72. The number of anilines is 1. The van der Waals surface area contributed by atoms with Gasteiger partial charge in [-0.15, -0.1) is 0 Å². The van der Waals surface area contributed by atoms with Crippen molar-refractivity contribution in [3.63, 3.8) is 0 Å². The summed E-state index contributed by atoms with van der Waals surface area (Å²) in [6, 6.07) is 20.4. The van der Waals surface area contributed by atoms with E-state index in [1.165, 1.54) is 4.90 Å². The zero-order valence-corrected chi connectivity index (χ0v) is 27.1. The van der Waals surface area contributed by atoms with Gasteiger partial charge < -0.3 is 10.2 Å². The average Bonchev–Trinajstić information content (AvgIpc) is 3.44. The molecule has 11 heteroatoms. The summed E-state index contributed by atoms with van der Waals surface area (Å²) in [5.41, 5.74) is 1.70. The van der Waals surface area contributed by atoms with Crippen molar-refractivity contribution in [2.24, 2.45) is 0 Å². The van der Waals surface area contributed by atoms with Gasteiger partial charge in [0.15, 0.2) is 0 Å². The second-order valence-electron chi connectivity index (χ2n) is 10.2. The minimum atomic E-state index is -3.84. The fourth-order valence-electron chi connectivity index (χ4n) is 5.00. The molecule has 1 atom stereocenters. The maximum absolute atomic E-state index is 14.2. The molecule has 1 aliphatic rings. The predicted octanol–water partition coefficient (Wildman–Crippen LogP) is 6.06. The number of hydrogen-bond donors (Lipinski definition) is 1. The lowest BCUT2D eigenvalue weighted by atomic mass is 10.0. The van der Waals surface area contributed by atoms with E-state index in [4.69, 9.17) is 23.2 Å². The lowest BCUT2D eigenvalue weighted by Crippen LogP contribution is -2.54. The third kappa shape index (κ3) is 8.59. The summed E-state index contributed by atoms with van der Waals surface area (Å²) in [6.07, 6.45) is 5.11. The maximum atomic E-state index is 14.2. The highest BCUT2D eigenvalue weighted by molar-refractivity contribution is 14.1. The predicted molar refractivity (Wildman–Crippen MR) is 173 cm³/mol. The zero-order chi connectivity index (χ0) is 29.6. The second-order valence-corrected chi connectivity index (χ2v) is 14.1. The van der Waals surface area contributed by atoms with E-state index in [9.17, 15) is 18.0 Å². The fourth-order valence-corrected chi connectivity index (χ4v) is 6.72. The van der Waals surface area contributed by atoms with Crippen molar-refractivity contribution < 1.29 is 18.0 Å². The van der Waals surface area contributed by atoms with Gasteiger partial charge in [-0.1, -0.05) is 72.4 Å². The number of nitrogens with zero attached hydrogens (tertiary/aromatic N) is 2. The number of halogens is 3. The van der Waals surface area contributed by atoms with Crippen molar-refractivity contribution in [1.29, 1.82) is 0 Å². The molecule has 1 fully saturated rings. The summed E-state index contributed by atoms with van der Waals surface area (Å²) in [5.74, 6) is -0.843. The zero-order valence-electron chi connectivity index (χ0n) is 22.6. The van der Waals surface area contributed by atoms with E-state index in [1.807, 2.05) is 30.3 Å². The number of carbonyl (C=O) groups excluding carboxylic acids is 2. The van der Waals surface area contributed by atoms with Gasteiger partial charge in [0, 0.05) is 38.2 Å². The first kappa shape index (κ1) is 31.6. The Kier molecular flexibility index (Phi) is 11.0. The number of sulfonamides is 1. The summed E-state index contributed by atoms with van der Waals surface area (Å²) in [7, 11) is -3.84. The minimum absolute atomic E-state index is 0.0286. The van der Waals surface area contributed by atoms with Crippen LogP contribution in [0.1, 0.15) is 36.8 Å². The van der Waals surface area contributed by atoms with Crippen molar-refractivity contribution in [3.8, 4) is 0 Å². The third-order valence-electron chi connectivity index (χ3n) is 7.16. The molecule has 1 aliphatic carbocycles. The van der Waals surface area contributed by atoms with E-state index in [1.54, 1.807) is 42.5 Å². The molecule has 0 aliphatic heterocycles. The van der Waals surface area contributed by atoms with Crippen LogP contribution in [0.25, 0.3) is 0 Å². The van der Waals surface area contributed by atoms with Gasteiger partial charge in [0.25, 0.3) is 0 Å². The van der Waals surface area contributed by atoms with Gasteiger partial charge in [0.2, 0.25) is 21.8 Å². The van der Waals surface area contributed by atoms with Crippen LogP contribution in [0.3, 0.4) is 0 Å². The van der Waals surface area contributed by atoms with E-state index < -0.39 is 28.5 Å². The Morgan fingerprint density at radius 3 is 2.15 bits per heavy atom. The van der Waals surface area contributed by atoms with Crippen LogP contribution >= 0.6 is 45.8 Å². The van der Waals surface area contributed by atoms with Crippen LogP contribution in [-0.2, 0) is 32.6 Å². The molecule has 4 rings (SSSR count). The Morgan fingerprint density at radius 2 is 1.56 bits per heavy atom. The van der Waals surface area contributed by atoms with E-state index in [-0.39, 0.29) is 24.9 Å². The highest BCUT2D eigenvalue weighted by Crippen LogP contribution is 2.28. The van der Waals surface area contributed by atoms with Crippen LogP contribution in [0.4, 0.5) is 5.69 Å². The van der Waals surface area contributed by atoms with E-state index in [2.05, 4.69) is 27.9 Å². The molecular formula is C30H32Cl2IN3O4S. The van der Waals surface area contributed by atoms with Crippen molar-refractivity contribution in [1.82, 2.24) is 10.2 Å². The maximum Gasteiger partial charge on any atom is 0.244 e. The molecule has 7 nitrogen and oxygen atoms in total. The van der Waals surface area contributed by atoms with Crippen molar-refractivity contribution in [2.75, 3.05) is 17.1 Å². The Hall–Kier alpha value is -2.34. The van der Waals surface area contributed by atoms with E-state index in [0.29, 0.717) is 21.3 Å². The first-order valence-electron chi connectivity index (χ1n) is 13.3. The fraction of sp³-hybridized carbons (Fsp3) is 0.333. The van der Waals surface area contributed by atoms with Crippen LogP contribution in [-0.4, -0.2) is 50.0 Å². The number of amides is 2. The van der Waals surface area contributed by atoms with Crippen LogP contribution in [0, 0.1) is 3.57 Å². The Labute approximate surface area is 265 Å². The molecule has 0 spiro atoms. The Balaban J connectivity index is 1.75. The molecular weight excluding hydrogens is 696 g/mol. The van der Waals surface area contributed by atoms with E-state index >= 15 is 0 Å². The standard InChI is InChI=1S/C30H32Cl2IN3O4S/c1-41(39,40)36(24-16-14-22(33)15-17-24)20-29(37)35(19-25-26(31)12-7-13-27(25)32)28(18-21-8-3-2-4-9-21)30(38)34-23-10-5-6-11-23/h2-4,7-9,12-17,23,28H,5-6,10-11,18-20H2,1H3,(H,34,38). The number of rotatable bonds is 11. The number of hydrogen-bond acceptors (Lipinski definition) is 4. The molecule has 2 amide bonds. The quantitative estimate of drug-likeness (QED) is 0.244. The van der Waals surface area contributed by atoms with Gasteiger partial charge in [0.1, 0.15) is 12.6 Å². The molecule has 3 aromatic carbocycles. The van der Waals surface area contributed by atoms with Gasteiger partial charge in [0.05, 0.1) is 11.9 Å². The van der Waals surface area contributed by atoms with Crippen LogP contribution in [0.5, 0.6) is 0 Å². The minimum Gasteiger partial charge on any atom is -0.352 e. The monoisotopic (exact) mass is 727 g/mol. The largest absolute Gasteiger partial charge is 0.352 e. The molecule has 0 saturated heterocycles. The van der Waals surface area contributed by atoms with Crippen LogP contribution < -0.4 is 9.62 Å². The molecule has 218 valence electrons.